The Kier molecular flexibility index (Phi) is 3.80. The molecule has 0 amide bonds. The zero-order valence-corrected chi connectivity index (χ0v) is 14.2. The van der Waals surface area contributed by atoms with Crippen LogP contribution in [0.2, 0.25) is 10.0 Å². The molecule has 2 heteroatoms. The monoisotopic (exact) mass is 318 g/mol. The maximum absolute atomic E-state index is 6.21. The number of rotatable bonds is 0. The fraction of sp³-hybridized carbons (Fsp3) is 0.368. The van der Waals surface area contributed by atoms with Crippen molar-refractivity contribution in [2.45, 2.75) is 39.5 Å². The molecule has 0 unspecified atom stereocenters. The van der Waals surface area contributed by atoms with Gasteiger partial charge < -0.3 is 0 Å². The first-order valence-corrected chi connectivity index (χ1v) is 8.18. The molecule has 0 nitrogen and oxygen atoms in total. The van der Waals surface area contributed by atoms with Crippen LogP contribution in [0.3, 0.4) is 0 Å². The molecule has 0 heterocycles. The molecule has 21 heavy (non-hydrogen) atoms. The Hall–Kier alpha value is -0.980. The Morgan fingerprint density at radius 1 is 0.810 bits per heavy atom. The molecule has 0 radical (unpaired) electrons. The van der Waals surface area contributed by atoms with Crippen molar-refractivity contribution in [3.63, 3.8) is 0 Å². The predicted octanol–water partition coefficient (Wildman–Crippen LogP) is 6.27. The van der Waals surface area contributed by atoms with Gasteiger partial charge in [0.05, 0.1) is 0 Å². The Morgan fingerprint density at radius 3 is 1.62 bits per heavy atom. The zero-order chi connectivity index (χ0) is 15.2. The van der Waals surface area contributed by atoms with Gasteiger partial charge in [-0.3, -0.25) is 0 Å². The summed E-state index contributed by atoms with van der Waals surface area (Å²) in [6.07, 6.45) is 2.05. The summed E-state index contributed by atoms with van der Waals surface area (Å²) in [6.45, 7) is 6.92. The van der Waals surface area contributed by atoms with Gasteiger partial charge in [-0.15, -0.1) is 0 Å². The van der Waals surface area contributed by atoms with Gasteiger partial charge in [-0.25, -0.2) is 0 Å². The first-order chi connectivity index (χ1) is 9.86. The van der Waals surface area contributed by atoms with Gasteiger partial charge >= 0.3 is 0 Å². The van der Waals surface area contributed by atoms with E-state index in [2.05, 4.69) is 45.0 Å². The number of fused-ring (bicyclic) bond motifs is 2. The molecule has 3 rings (SSSR count). The van der Waals surface area contributed by atoms with Gasteiger partial charge in [0, 0.05) is 16.0 Å². The average molecular weight is 319 g/mol. The fourth-order valence-corrected chi connectivity index (χ4v) is 3.90. The minimum atomic E-state index is 0.148. The quantitative estimate of drug-likeness (QED) is 0.537. The van der Waals surface area contributed by atoms with Crippen LogP contribution in [0.4, 0.5) is 0 Å². The predicted molar refractivity (Wildman–Crippen MR) is 91.6 cm³/mol. The second kappa shape index (κ2) is 5.34. The highest BCUT2D eigenvalue weighted by molar-refractivity contribution is 6.31. The topological polar surface area (TPSA) is 0 Å². The van der Waals surface area contributed by atoms with Crippen molar-refractivity contribution in [1.82, 2.24) is 0 Å². The Balaban J connectivity index is 2.25. The van der Waals surface area contributed by atoms with Crippen LogP contribution in [0.5, 0.6) is 0 Å². The first kappa shape index (κ1) is 14.9. The lowest BCUT2D eigenvalue weighted by molar-refractivity contribution is 0.357. The van der Waals surface area contributed by atoms with E-state index in [1.165, 1.54) is 22.3 Å². The molecule has 0 atom stereocenters. The molecule has 0 aliphatic heterocycles. The van der Waals surface area contributed by atoms with Gasteiger partial charge in [0.1, 0.15) is 0 Å². The summed E-state index contributed by atoms with van der Waals surface area (Å²) in [7, 11) is 0. The lowest BCUT2D eigenvalue weighted by Gasteiger charge is -2.33. The molecule has 110 valence electrons. The van der Waals surface area contributed by atoms with Crippen molar-refractivity contribution >= 4 is 23.2 Å². The van der Waals surface area contributed by atoms with E-state index in [1.807, 2.05) is 12.1 Å². The molecule has 0 aromatic heterocycles. The van der Waals surface area contributed by atoms with Crippen LogP contribution >= 0.6 is 23.2 Å². The zero-order valence-electron chi connectivity index (χ0n) is 12.7. The molecule has 0 spiro atoms. The fourth-order valence-electron chi connectivity index (χ4n) is 3.51. The number of hydrogen-bond acceptors (Lipinski definition) is 0. The van der Waals surface area contributed by atoms with Gasteiger partial charge in [-0.05, 0) is 64.8 Å². The van der Waals surface area contributed by atoms with E-state index < -0.39 is 0 Å². The Morgan fingerprint density at radius 2 is 1.24 bits per heavy atom. The van der Waals surface area contributed by atoms with Gasteiger partial charge in [-0.1, -0.05) is 56.1 Å². The largest absolute Gasteiger partial charge is 0.0843 e. The third-order valence-corrected chi connectivity index (χ3v) is 4.83. The SMILES string of the molecule is CC(C)(C)C1c2ccc(Cl)cc2CCc2cc(Cl)ccc21. The maximum atomic E-state index is 6.21. The standard InChI is InChI=1S/C19H20Cl2/c1-19(2,3)18-16-8-6-14(20)10-12(16)4-5-13-11-15(21)7-9-17(13)18/h6-11,18H,4-5H2,1-3H3. The van der Waals surface area contributed by atoms with E-state index in [9.17, 15) is 0 Å². The number of aryl methyl sites for hydroxylation is 2. The van der Waals surface area contributed by atoms with Crippen molar-refractivity contribution in [2.24, 2.45) is 5.41 Å². The van der Waals surface area contributed by atoms with Crippen LogP contribution in [0, 0.1) is 5.41 Å². The Bertz CT molecular complexity index is 627. The maximum Gasteiger partial charge on any atom is 0.0408 e. The summed E-state index contributed by atoms with van der Waals surface area (Å²) >= 11 is 12.4. The molecule has 1 aliphatic carbocycles. The first-order valence-electron chi connectivity index (χ1n) is 7.43. The number of halogens is 2. The summed E-state index contributed by atoms with van der Waals surface area (Å²) in [4.78, 5) is 0. The summed E-state index contributed by atoms with van der Waals surface area (Å²) < 4.78 is 0. The van der Waals surface area contributed by atoms with E-state index >= 15 is 0 Å². The summed E-state index contributed by atoms with van der Waals surface area (Å²) in [5, 5.41) is 1.65. The minimum Gasteiger partial charge on any atom is -0.0843 e. The molecule has 0 bridgehead atoms. The summed E-state index contributed by atoms with van der Waals surface area (Å²) in [5.41, 5.74) is 5.71. The van der Waals surface area contributed by atoms with Gasteiger partial charge in [-0.2, -0.15) is 0 Å². The van der Waals surface area contributed by atoms with Crippen molar-refractivity contribution in [1.29, 1.82) is 0 Å². The number of benzene rings is 2. The van der Waals surface area contributed by atoms with E-state index in [1.54, 1.807) is 0 Å². The van der Waals surface area contributed by atoms with Gasteiger partial charge in [0.15, 0.2) is 0 Å². The molecule has 2 aromatic carbocycles. The highest BCUT2D eigenvalue weighted by Crippen LogP contribution is 2.46. The summed E-state index contributed by atoms with van der Waals surface area (Å²) in [6, 6.07) is 12.7. The van der Waals surface area contributed by atoms with Crippen molar-refractivity contribution < 1.29 is 0 Å². The van der Waals surface area contributed by atoms with Gasteiger partial charge in [0.25, 0.3) is 0 Å². The lowest BCUT2D eigenvalue weighted by Crippen LogP contribution is -2.20. The van der Waals surface area contributed by atoms with E-state index in [0.29, 0.717) is 5.92 Å². The molecular formula is C19H20Cl2. The van der Waals surface area contributed by atoms with Crippen molar-refractivity contribution in [2.75, 3.05) is 0 Å². The molecule has 0 N–H and O–H groups in total. The second-order valence-electron chi connectivity index (χ2n) is 6.99. The molecular weight excluding hydrogens is 299 g/mol. The molecule has 0 saturated carbocycles. The van der Waals surface area contributed by atoms with Crippen LogP contribution < -0.4 is 0 Å². The lowest BCUT2D eigenvalue weighted by atomic mass is 9.71. The van der Waals surface area contributed by atoms with E-state index in [-0.39, 0.29) is 5.41 Å². The van der Waals surface area contributed by atoms with Crippen molar-refractivity contribution in [3.05, 3.63) is 68.7 Å². The van der Waals surface area contributed by atoms with E-state index in [4.69, 9.17) is 23.2 Å². The van der Waals surface area contributed by atoms with Crippen LogP contribution in [0.25, 0.3) is 0 Å². The third-order valence-electron chi connectivity index (χ3n) is 4.36. The van der Waals surface area contributed by atoms with Crippen LogP contribution in [-0.2, 0) is 12.8 Å². The number of hydrogen-bond donors (Lipinski definition) is 0. The Labute approximate surface area is 137 Å². The summed E-state index contributed by atoms with van der Waals surface area (Å²) in [5.74, 6) is 0.375. The third kappa shape index (κ3) is 2.84. The molecule has 2 aromatic rings. The highest BCUT2D eigenvalue weighted by Gasteiger charge is 2.32. The minimum absolute atomic E-state index is 0.148. The molecule has 0 saturated heterocycles. The van der Waals surface area contributed by atoms with Crippen LogP contribution in [0.1, 0.15) is 48.9 Å². The molecule has 0 fully saturated rings. The van der Waals surface area contributed by atoms with Gasteiger partial charge in [0.2, 0.25) is 0 Å². The van der Waals surface area contributed by atoms with Crippen LogP contribution in [0.15, 0.2) is 36.4 Å². The smallest absolute Gasteiger partial charge is 0.0408 e. The highest BCUT2D eigenvalue weighted by atomic mass is 35.5. The normalized spacial score (nSPS) is 15.3. The average Bonchev–Trinajstić information content (AvgIpc) is 2.54. The molecule has 1 aliphatic rings. The second-order valence-corrected chi connectivity index (χ2v) is 7.86. The van der Waals surface area contributed by atoms with E-state index in [0.717, 1.165) is 22.9 Å². The van der Waals surface area contributed by atoms with Crippen molar-refractivity contribution in [3.8, 4) is 0 Å². The van der Waals surface area contributed by atoms with Crippen LogP contribution in [-0.4, -0.2) is 0 Å².